The molecular formula is C14H10N2O3S2. The van der Waals surface area contributed by atoms with E-state index >= 15 is 0 Å². The maximum atomic E-state index is 11.1. The van der Waals surface area contributed by atoms with Gasteiger partial charge in [0, 0.05) is 4.90 Å². The molecule has 0 radical (unpaired) electrons. The molecule has 5 nitrogen and oxygen atoms in total. The van der Waals surface area contributed by atoms with Gasteiger partial charge < -0.3 is 9.63 Å². The Labute approximate surface area is 128 Å². The van der Waals surface area contributed by atoms with Gasteiger partial charge in [0.05, 0.1) is 16.2 Å². The summed E-state index contributed by atoms with van der Waals surface area (Å²) in [5.41, 5.74) is 0.278. The second-order valence-corrected chi connectivity index (χ2v) is 6.04. The van der Waals surface area contributed by atoms with Crippen LogP contribution in [0.15, 0.2) is 51.2 Å². The van der Waals surface area contributed by atoms with Gasteiger partial charge in [-0.1, -0.05) is 23.4 Å². The molecule has 0 unspecified atom stereocenters. The Morgan fingerprint density at radius 2 is 2.14 bits per heavy atom. The lowest BCUT2D eigenvalue weighted by Gasteiger charge is -2.02. The Balaban J connectivity index is 1.73. The molecule has 0 atom stereocenters. The molecule has 106 valence electrons. The molecule has 1 N–H and O–H groups in total. The van der Waals surface area contributed by atoms with Crippen LogP contribution < -0.4 is 0 Å². The van der Waals surface area contributed by atoms with Crippen LogP contribution in [0.3, 0.4) is 0 Å². The third-order valence-electron chi connectivity index (χ3n) is 2.68. The summed E-state index contributed by atoms with van der Waals surface area (Å²) in [7, 11) is 0. The molecule has 0 fully saturated rings. The van der Waals surface area contributed by atoms with Crippen molar-refractivity contribution in [1.82, 2.24) is 10.1 Å². The van der Waals surface area contributed by atoms with Crippen LogP contribution in [0.25, 0.3) is 10.7 Å². The Kier molecular flexibility index (Phi) is 4.03. The zero-order chi connectivity index (χ0) is 14.7. The van der Waals surface area contributed by atoms with Crippen molar-refractivity contribution in [1.29, 1.82) is 0 Å². The number of carboxylic acids is 1. The number of nitrogens with zero attached hydrogens (tertiary/aromatic N) is 2. The number of carboxylic acid groups (broad SMARTS) is 1. The van der Waals surface area contributed by atoms with Gasteiger partial charge in [0.25, 0.3) is 0 Å². The summed E-state index contributed by atoms with van der Waals surface area (Å²) < 4.78 is 5.19. The average Bonchev–Trinajstić information content (AvgIpc) is 3.16. The quantitative estimate of drug-likeness (QED) is 0.721. The zero-order valence-electron chi connectivity index (χ0n) is 10.7. The van der Waals surface area contributed by atoms with Gasteiger partial charge in [0.1, 0.15) is 0 Å². The van der Waals surface area contributed by atoms with Gasteiger partial charge in [-0.25, -0.2) is 4.79 Å². The first kappa shape index (κ1) is 13.8. The Morgan fingerprint density at radius 1 is 1.29 bits per heavy atom. The number of benzene rings is 1. The molecule has 0 saturated heterocycles. The summed E-state index contributed by atoms with van der Waals surface area (Å²) in [6, 6.07) is 10.7. The molecule has 3 aromatic rings. The van der Waals surface area contributed by atoms with Gasteiger partial charge in [-0.15, -0.1) is 23.1 Å². The molecule has 21 heavy (non-hydrogen) atoms. The number of aromatic carboxylic acids is 1. The lowest BCUT2D eigenvalue weighted by Crippen LogP contribution is -1.98. The summed E-state index contributed by atoms with van der Waals surface area (Å²) in [6.07, 6.45) is 0. The number of thioether (sulfide) groups is 1. The van der Waals surface area contributed by atoms with Gasteiger partial charge in [-0.05, 0) is 23.6 Å². The van der Waals surface area contributed by atoms with Crippen LogP contribution in [0.4, 0.5) is 0 Å². The minimum Gasteiger partial charge on any atom is -0.478 e. The summed E-state index contributed by atoms with van der Waals surface area (Å²) >= 11 is 2.91. The van der Waals surface area contributed by atoms with Crippen LogP contribution in [0.1, 0.15) is 16.2 Å². The molecule has 0 spiro atoms. The summed E-state index contributed by atoms with van der Waals surface area (Å²) in [5, 5.41) is 15.0. The molecule has 0 bridgehead atoms. The molecular weight excluding hydrogens is 308 g/mol. The van der Waals surface area contributed by atoms with Gasteiger partial charge in [0.2, 0.25) is 11.7 Å². The van der Waals surface area contributed by atoms with Gasteiger partial charge in [0.15, 0.2) is 0 Å². The van der Waals surface area contributed by atoms with E-state index in [0.29, 0.717) is 22.4 Å². The van der Waals surface area contributed by atoms with Crippen molar-refractivity contribution in [2.75, 3.05) is 0 Å². The summed E-state index contributed by atoms with van der Waals surface area (Å²) in [4.78, 5) is 17.1. The van der Waals surface area contributed by atoms with Crippen molar-refractivity contribution in [3.8, 4) is 10.7 Å². The van der Waals surface area contributed by atoms with Gasteiger partial charge in [-0.2, -0.15) is 4.98 Å². The van der Waals surface area contributed by atoms with E-state index in [1.807, 2.05) is 17.5 Å². The Morgan fingerprint density at radius 3 is 2.90 bits per heavy atom. The van der Waals surface area contributed by atoms with E-state index < -0.39 is 5.97 Å². The molecule has 0 aliphatic heterocycles. The lowest BCUT2D eigenvalue weighted by molar-refractivity contribution is 0.0693. The number of rotatable bonds is 5. The first-order chi connectivity index (χ1) is 10.2. The van der Waals surface area contributed by atoms with Crippen LogP contribution in [-0.2, 0) is 5.75 Å². The number of carbonyl (C=O) groups is 1. The molecule has 1 aromatic carbocycles. The molecule has 3 rings (SSSR count). The number of thiophene rings is 1. The molecule has 7 heteroatoms. The van der Waals surface area contributed by atoms with Gasteiger partial charge in [-0.3, -0.25) is 0 Å². The molecule has 0 saturated carbocycles. The van der Waals surface area contributed by atoms with Crippen LogP contribution in [0.2, 0.25) is 0 Å². The highest BCUT2D eigenvalue weighted by molar-refractivity contribution is 7.98. The first-order valence-corrected chi connectivity index (χ1v) is 7.92. The maximum Gasteiger partial charge on any atom is 0.336 e. The van der Waals surface area contributed by atoms with E-state index in [0.717, 1.165) is 4.88 Å². The van der Waals surface area contributed by atoms with E-state index in [2.05, 4.69) is 10.1 Å². The minimum absolute atomic E-state index is 0.278. The van der Waals surface area contributed by atoms with Crippen molar-refractivity contribution in [2.45, 2.75) is 10.6 Å². The standard InChI is InChI=1S/C14H10N2O3S2/c17-14(18)9-4-1-2-5-10(9)21-8-12-15-13(16-19-12)11-6-3-7-20-11/h1-7H,8H2,(H,17,18). The highest BCUT2D eigenvalue weighted by Gasteiger charge is 2.13. The molecule has 0 amide bonds. The highest BCUT2D eigenvalue weighted by atomic mass is 32.2. The Hall–Kier alpha value is -2.12. The fourth-order valence-corrected chi connectivity index (χ4v) is 3.26. The first-order valence-electron chi connectivity index (χ1n) is 6.05. The second kappa shape index (κ2) is 6.11. The SMILES string of the molecule is O=C(O)c1ccccc1SCc1nc(-c2cccs2)no1. The van der Waals surface area contributed by atoms with Crippen LogP contribution in [0.5, 0.6) is 0 Å². The second-order valence-electron chi connectivity index (χ2n) is 4.08. The third-order valence-corrected chi connectivity index (χ3v) is 4.60. The largest absolute Gasteiger partial charge is 0.478 e. The van der Waals surface area contributed by atoms with Crippen LogP contribution >= 0.6 is 23.1 Å². The molecule has 0 aliphatic carbocycles. The van der Waals surface area contributed by atoms with E-state index in [4.69, 9.17) is 9.63 Å². The van der Waals surface area contributed by atoms with Gasteiger partial charge >= 0.3 is 5.97 Å². The fourth-order valence-electron chi connectivity index (χ4n) is 1.73. The fraction of sp³-hybridized carbons (Fsp3) is 0.0714. The maximum absolute atomic E-state index is 11.1. The van der Waals surface area contributed by atoms with E-state index in [1.165, 1.54) is 11.8 Å². The van der Waals surface area contributed by atoms with Crippen molar-refractivity contribution in [3.63, 3.8) is 0 Å². The Bertz CT molecular complexity index is 753. The van der Waals surface area contributed by atoms with Crippen molar-refractivity contribution >= 4 is 29.1 Å². The predicted molar refractivity (Wildman–Crippen MR) is 80.6 cm³/mol. The summed E-state index contributed by atoms with van der Waals surface area (Å²) in [6.45, 7) is 0. The number of hydrogen-bond acceptors (Lipinski definition) is 6. The van der Waals surface area contributed by atoms with Crippen molar-refractivity contribution < 1.29 is 14.4 Å². The minimum atomic E-state index is -0.942. The van der Waals surface area contributed by atoms with Crippen molar-refractivity contribution in [2.24, 2.45) is 0 Å². The third kappa shape index (κ3) is 3.14. The number of hydrogen-bond donors (Lipinski definition) is 1. The molecule has 0 aliphatic rings. The van der Waals surface area contributed by atoms with E-state index in [1.54, 1.807) is 35.6 Å². The normalized spacial score (nSPS) is 10.7. The summed E-state index contributed by atoms with van der Waals surface area (Å²) in [5.74, 6) is 0.529. The monoisotopic (exact) mass is 318 g/mol. The highest BCUT2D eigenvalue weighted by Crippen LogP contribution is 2.27. The smallest absolute Gasteiger partial charge is 0.336 e. The van der Waals surface area contributed by atoms with Crippen LogP contribution in [-0.4, -0.2) is 21.2 Å². The van der Waals surface area contributed by atoms with E-state index in [9.17, 15) is 4.79 Å². The average molecular weight is 318 g/mol. The van der Waals surface area contributed by atoms with E-state index in [-0.39, 0.29) is 5.56 Å². The van der Waals surface area contributed by atoms with Crippen LogP contribution in [0, 0.1) is 0 Å². The number of aromatic nitrogens is 2. The molecule has 2 heterocycles. The zero-order valence-corrected chi connectivity index (χ0v) is 12.4. The molecule has 2 aromatic heterocycles. The predicted octanol–water partition coefficient (Wildman–Crippen LogP) is 3.79. The topological polar surface area (TPSA) is 76.2 Å². The lowest BCUT2D eigenvalue weighted by atomic mass is 10.2. The van der Waals surface area contributed by atoms with Crippen molar-refractivity contribution in [3.05, 3.63) is 53.2 Å².